The number of benzene rings is 2. The second kappa shape index (κ2) is 6.60. The molecule has 0 aliphatic carbocycles. The largest absolute Gasteiger partial charge is 0.350 e. The molecule has 0 aromatic heterocycles. The third-order valence-corrected chi connectivity index (χ3v) is 4.04. The van der Waals surface area contributed by atoms with Gasteiger partial charge >= 0.3 is 0 Å². The zero-order valence-electron chi connectivity index (χ0n) is 12.5. The first-order chi connectivity index (χ1) is 11.5. The topological polar surface area (TPSA) is 41.1 Å². The predicted octanol–water partition coefficient (Wildman–Crippen LogP) is 2.57. The minimum absolute atomic E-state index is 0.135. The molecule has 0 spiro atoms. The van der Waals surface area contributed by atoms with E-state index in [1.54, 1.807) is 0 Å². The van der Waals surface area contributed by atoms with Gasteiger partial charge in [0.25, 0.3) is 0 Å². The van der Waals surface area contributed by atoms with E-state index in [2.05, 4.69) is 10.6 Å². The van der Waals surface area contributed by atoms with Gasteiger partial charge in [0, 0.05) is 24.7 Å². The average Bonchev–Trinajstić information content (AvgIpc) is 2.59. The van der Waals surface area contributed by atoms with E-state index in [0.717, 1.165) is 11.1 Å². The fourth-order valence-electron chi connectivity index (χ4n) is 2.72. The van der Waals surface area contributed by atoms with Crippen LogP contribution in [0.1, 0.15) is 16.7 Å². The highest BCUT2D eigenvalue weighted by Gasteiger charge is 2.25. The maximum atomic E-state index is 13.6. The lowest BCUT2D eigenvalue weighted by molar-refractivity contribution is -0.123. The molecule has 3 nitrogen and oxygen atoms in total. The summed E-state index contributed by atoms with van der Waals surface area (Å²) in [5.74, 6) is -6.49. The molecule has 0 bridgehead atoms. The molecule has 7 heteroatoms. The van der Waals surface area contributed by atoms with Crippen LogP contribution in [0.25, 0.3) is 0 Å². The van der Waals surface area contributed by atoms with Crippen LogP contribution in [0.2, 0.25) is 0 Å². The summed E-state index contributed by atoms with van der Waals surface area (Å²) in [5, 5.41) is 5.34. The Morgan fingerprint density at radius 1 is 1.08 bits per heavy atom. The van der Waals surface area contributed by atoms with E-state index in [-0.39, 0.29) is 6.07 Å². The summed E-state index contributed by atoms with van der Waals surface area (Å²) in [5.41, 5.74) is 1.24. The first kappa shape index (κ1) is 16.4. The molecular weight excluding hydrogens is 324 g/mol. The molecule has 2 N–H and O–H groups in total. The molecule has 1 aliphatic rings. The molecule has 0 saturated heterocycles. The maximum Gasteiger partial charge on any atom is 0.237 e. The van der Waals surface area contributed by atoms with Crippen LogP contribution in [0.3, 0.4) is 0 Å². The number of hydrogen-bond acceptors (Lipinski definition) is 2. The second-order valence-electron chi connectivity index (χ2n) is 5.57. The van der Waals surface area contributed by atoms with Gasteiger partial charge < -0.3 is 10.6 Å². The number of carbonyl (C=O) groups is 1. The quantitative estimate of drug-likeness (QED) is 0.667. The first-order valence-electron chi connectivity index (χ1n) is 7.37. The molecule has 1 atom stereocenters. The molecule has 2 aromatic carbocycles. The Labute approximate surface area is 135 Å². The lowest BCUT2D eigenvalue weighted by Crippen LogP contribution is -2.47. The molecule has 3 rings (SSSR count). The van der Waals surface area contributed by atoms with Crippen LogP contribution in [0.15, 0.2) is 30.3 Å². The van der Waals surface area contributed by atoms with E-state index < -0.39 is 47.3 Å². The molecule has 1 unspecified atom stereocenters. The Kier molecular flexibility index (Phi) is 4.53. The van der Waals surface area contributed by atoms with Crippen LogP contribution < -0.4 is 10.6 Å². The van der Waals surface area contributed by atoms with Gasteiger partial charge in [0.2, 0.25) is 5.91 Å². The smallest absolute Gasteiger partial charge is 0.237 e. The summed E-state index contributed by atoms with van der Waals surface area (Å²) >= 11 is 0. The van der Waals surface area contributed by atoms with Crippen LogP contribution >= 0.6 is 0 Å². The van der Waals surface area contributed by atoms with Gasteiger partial charge in [-0.3, -0.25) is 4.79 Å². The molecule has 24 heavy (non-hydrogen) atoms. The highest BCUT2D eigenvalue weighted by atomic mass is 19.2. The molecule has 1 amide bonds. The Morgan fingerprint density at radius 3 is 2.38 bits per heavy atom. The number of rotatable bonds is 3. The van der Waals surface area contributed by atoms with Gasteiger partial charge in [-0.2, -0.15) is 0 Å². The van der Waals surface area contributed by atoms with Gasteiger partial charge in [0.05, 0.1) is 6.04 Å². The summed E-state index contributed by atoms with van der Waals surface area (Å²) in [6.45, 7) is -0.142. The summed E-state index contributed by atoms with van der Waals surface area (Å²) < 4.78 is 53.5. The van der Waals surface area contributed by atoms with E-state index in [1.165, 1.54) is 0 Å². The van der Waals surface area contributed by atoms with Gasteiger partial charge in [-0.05, 0) is 17.5 Å². The van der Waals surface area contributed by atoms with Crippen LogP contribution in [0.5, 0.6) is 0 Å². The van der Waals surface area contributed by atoms with Crippen molar-refractivity contribution in [3.05, 3.63) is 70.3 Å². The van der Waals surface area contributed by atoms with Crippen molar-refractivity contribution in [3.8, 4) is 0 Å². The monoisotopic (exact) mass is 338 g/mol. The second-order valence-corrected chi connectivity index (χ2v) is 5.57. The molecule has 0 saturated carbocycles. The van der Waals surface area contributed by atoms with Crippen molar-refractivity contribution in [2.24, 2.45) is 0 Å². The third-order valence-electron chi connectivity index (χ3n) is 4.04. The average molecular weight is 338 g/mol. The summed E-state index contributed by atoms with van der Waals surface area (Å²) in [6.07, 6.45) is 0.421. The Morgan fingerprint density at radius 2 is 1.71 bits per heavy atom. The summed E-state index contributed by atoms with van der Waals surface area (Å²) in [7, 11) is 0. The Hall–Kier alpha value is -2.41. The normalized spacial score (nSPS) is 16.6. The van der Waals surface area contributed by atoms with Gasteiger partial charge in [-0.15, -0.1) is 0 Å². The van der Waals surface area contributed by atoms with Gasteiger partial charge in [-0.25, -0.2) is 17.6 Å². The van der Waals surface area contributed by atoms with Crippen LogP contribution in [-0.4, -0.2) is 11.9 Å². The van der Waals surface area contributed by atoms with E-state index >= 15 is 0 Å². The van der Waals surface area contributed by atoms with Crippen molar-refractivity contribution in [1.29, 1.82) is 0 Å². The number of hydrogen-bond donors (Lipinski definition) is 2. The standard InChI is InChI=1S/C17H14F4N2O/c18-12-6-13(19)16(21)11(15(12)20)8-23-17(24)14-5-9-3-1-2-4-10(9)7-22-14/h1-4,6,14,22H,5,7-8H2,(H,23,24). The van der Waals surface area contributed by atoms with Crippen molar-refractivity contribution in [1.82, 2.24) is 10.6 Å². The van der Waals surface area contributed by atoms with E-state index in [9.17, 15) is 22.4 Å². The molecular formula is C17H14F4N2O. The van der Waals surface area contributed by atoms with E-state index in [0.29, 0.717) is 13.0 Å². The lowest BCUT2D eigenvalue weighted by atomic mass is 9.95. The molecule has 1 heterocycles. The number of carbonyl (C=O) groups excluding carboxylic acids is 1. The zero-order chi connectivity index (χ0) is 17.3. The molecule has 0 fully saturated rings. The maximum absolute atomic E-state index is 13.6. The van der Waals surface area contributed by atoms with E-state index in [4.69, 9.17) is 0 Å². The lowest BCUT2D eigenvalue weighted by Gasteiger charge is -2.25. The molecule has 1 aliphatic heterocycles. The summed E-state index contributed by atoms with van der Waals surface area (Å²) in [6, 6.07) is 7.15. The van der Waals surface area contributed by atoms with E-state index in [1.807, 2.05) is 24.3 Å². The minimum Gasteiger partial charge on any atom is -0.350 e. The number of amides is 1. The van der Waals surface area contributed by atoms with Gasteiger partial charge in [-0.1, -0.05) is 24.3 Å². The number of halogens is 4. The number of nitrogens with one attached hydrogen (secondary N) is 2. The van der Waals surface area contributed by atoms with Crippen molar-refractivity contribution in [2.45, 2.75) is 25.6 Å². The third kappa shape index (κ3) is 3.12. The fourth-order valence-corrected chi connectivity index (χ4v) is 2.72. The van der Waals surface area contributed by atoms with Gasteiger partial charge in [0.1, 0.15) is 0 Å². The number of fused-ring (bicyclic) bond motifs is 1. The highest BCUT2D eigenvalue weighted by molar-refractivity contribution is 5.82. The highest BCUT2D eigenvalue weighted by Crippen LogP contribution is 2.20. The molecule has 0 radical (unpaired) electrons. The molecule has 126 valence electrons. The van der Waals surface area contributed by atoms with Crippen LogP contribution in [0, 0.1) is 23.3 Å². The van der Waals surface area contributed by atoms with Crippen LogP contribution in [0.4, 0.5) is 17.6 Å². The van der Waals surface area contributed by atoms with Crippen molar-refractivity contribution >= 4 is 5.91 Å². The molecule has 2 aromatic rings. The minimum atomic E-state index is -1.50. The Balaban J connectivity index is 1.69. The van der Waals surface area contributed by atoms with Crippen molar-refractivity contribution < 1.29 is 22.4 Å². The van der Waals surface area contributed by atoms with Crippen molar-refractivity contribution in [3.63, 3.8) is 0 Å². The SMILES string of the molecule is O=C(NCc1c(F)c(F)cc(F)c1F)C1Cc2ccccc2CN1. The first-order valence-corrected chi connectivity index (χ1v) is 7.37. The zero-order valence-corrected chi connectivity index (χ0v) is 12.5. The predicted molar refractivity (Wildman–Crippen MR) is 78.9 cm³/mol. The summed E-state index contributed by atoms with van der Waals surface area (Å²) in [4.78, 5) is 12.2. The van der Waals surface area contributed by atoms with Crippen molar-refractivity contribution in [2.75, 3.05) is 0 Å². The van der Waals surface area contributed by atoms with Crippen LogP contribution in [-0.2, 0) is 24.3 Å². The fraction of sp³-hybridized carbons (Fsp3) is 0.235. The van der Waals surface area contributed by atoms with Gasteiger partial charge in [0.15, 0.2) is 23.3 Å². The Bertz CT molecular complexity index is 768.